The van der Waals surface area contributed by atoms with Crippen LogP contribution in [-0.4, -0.2) is 40.1 Å². The predicted octanol–water partition coefficient (Wildman–Crippen LogP) is 4.44. The Morgan fingerprint density at radius 3 is 2.57 bits per heavy atom. The molecule has 4 aromatic rings. The molecule has 6 rings (SSSR count). The van der Waals surface area contributed by atoms with E-state index in [0.717, 1.165) is 29.9 Å². The molecule has 1 atom stereocenters. The number of carbonyl (C=O) groups excluding carboxylic acids is 1. The quantitative estimate of drug-likeness (QED) is 0.445. The maximum absolute atomic E-state index is 13.5. The minimum Gasteiger partial charge on any atom is -0.486 e. The minimum atomic E-state index is -0.120. The van der Waals surface area contributed by atoms with Crippen molar-refractivity contribution in [2.45, 2.75) is 25.8 Å². The molecule has 0 aliphatic carbocycles. The fourth-order valence-corrected chi connectivity index (χ4v) is 5.09. The Hall–Kier alpha value is -4.13. The van der Waals surface area contributed by atoms with Crippen LogP contribution in [0.25, 0.3) is 16.6 Å². The maximum atomic E-state index is 13.5. The average molecular weight is 468 g/mol. The van der Waals surface area contributed by atoms with Gasteiger partial charge in [-0.1, -0.05) is 18.2 Å². The largest absolute Gasteiger partial charge is 0.486 e. The summed E-state index contributed by atoms with van der Waals surface area (Å²) < 4.78 is 13.0. The third-order valence-corrected chi connectivity index (χ3v) is 6.78. The van der Waals surface area contributed by atoms with Gasteiger partial charge in [0.05, 0.1) is 22.6 Å². The molecule has 1 saturated heterocycles. The lowest BCUT2D eigenvalue weighted by Crippen LogP contribution is -2.30. The molecule has 35 heavy (non-hydrogen) atoms. The van der Waals surface area contributed by atoms with Gasteiger partial charge in [-0.3, -0.25) is 14.2 Å². The van der Waals surface area contributed by atoms with E-state index in [2.05, 4.69) is 4.98 Å². The molecule has 2 aliphatic heterocycles. The fourth-order valence-electron chi connectivity index (χ4n) is 5.09. The lowest BCUT2D eigenvalue weighted by molar-refractivity contribution is 0.0735. The monoisotopic (exact) mass is 467 g/mol. The molecule has 3 aromatic carbocycles. The summed E-state index contributed by atoms with van der Waals surface area (Å²) in [4.78, 5) is 33.1. The topological polar surface area (TPSA) is 73.7 Å². The maximum Gasteiger partial charge on any atom is 0.265 e. The molecule has 1 aromatic heterocycles. The molecule has 1 amide bonds. The lowest BCUT2D eigenvalue weighted by Gasteiger charge is -2.27. The molecule has 0 N–H and O–H groups in total. The van der Waals surface area contributed by atoms with Crippen molar-refractivity contribution in [2.24, 2.45) is 0 Å². The number of aromatic nitrogens is 2. The van der Waals surface area contributed by atoms with Gasteiger partial charge in [0.15, 0.2) is 11.5 Å². The second-order valence-electron chi connectivity index (χ2n) is 8.92. The summed E-state index contributed by atoms with van der Waals surface area (Å²) in [7, 11) is 0. The van der Waals surface area contributed by atoms with Crippen molar-refractivity contribution in [3.05, 3.63) is 94.0 Å². The van der Waals surface area contributed by atoms with Crippen molar-refractivity contribution in [2.75, 3.05) is 19.8 Å². The molecular weight excluding hydrogens is 442 g/mol. The van der Waals surface area contributed by atoms with Gasteiger partial charge in [-0.25, -0.2) is 4.98 Å². The van der Waals surface area contributed by atoms with E-state index in [4.69, 9.17) is 9.47 Å². The van der Waals surface area contributed by atoms with Gasteiger partial charge in [0.2, 0.25) is 0 Å². The van der Waals surface area contributed by atoms with Gasteiger partial charge in [-0.15, -0.1) is 0 Å². The second-order valence-corrected chi connectivity index (χ2v) is 8.92. The molecular formula is C28H25N3O4. The Morgan fingerprint density at radius 1 is 0.971 bits per heavy atom. The second kappa shape index (κ2) is 8.58. The summed E-state index contributed by atoms with van der Waals surface area (Å²) >= 11 is 0. The zero-order chi connectivity index (χ0) is 23.9. The Kier molecular flexibility index (Phi) is 5.25. The van der Waals surface area contributed by atoms with Crippen LogP contribution in [-0.2, 0) is 0 Å². The third-order valence-electron chi connectivity index (χ3n) is 6.78. The van der Waals surface area contributed by atoms with Crippen LogP contribution in [0.1, 0.15) is 40.6 Å². The SMILES string of the molecule is Cc1nc2ccccc2c(=O)n1-c1ccc(C(=O)N2CCC[C@@H]2c2ccc3c(c2)OCCO3)cc1. The van der Waals surface area contributed by atoms with Crippen LogP contribution < -0.4 is 15.0 Å². The molecule has 3 heterocycles. The lowest BCUT2D eigenvalue weighted by atomic mass is 10.0. The third kappa shape index (κ3) is 3.73. The highest BCUT2D eigenvalue weighted by atomic mass is 16.6. The van der Waals surface area contributed by atoms with Gasteiger partial charge < -0.3 is 14.4 Å². The van der Waals surface area contributed by atoms with Crippen LogP contribution in [0.4, 0.5) is 0 Å². The zero-order valence-corrected chi connectivity index (χ0v) is 19.4. The number of para-hydroxylation sites is 1. The van der Waals surface area contributed by atoms with E-state index in [1.54, 1.807) is 22.8 Å². The number of carbonyl (C=O) groups is 1. The summed E-state index contributed by atoms with van der Waals surface area (Å²) in [5, 5.41) is 0.567. The summed E-state index contributed by atoms with van der Waals surface area (Å²) in [6.07, 6.45) is 1.85. The van der Waals surface area contributed by atoms with Crippen LogP contribution in [0.5, 0.6) is 11.5 Å². The van der Waals surface area contributed by atoms with Crippen molar-refractivity contribution in [1.82, 2.24) is 14.5 Å². The molecule has 2 aliphatic rings. The molecule has 0 bridgehead atoms. The summed E-state index contributed by atoms with van der Waals surface area (Å²) in [6, 6.07) is 20.5. The number of hydrogen-bond donors (Lipinski definition) is 0. The Balaban J connectivity index is 1.28. The van der Waals surface area contributed by atoms with Gasteiger partial charge in [0, 0.05) is 12.1 Å². The number of amides is 1. The Bertz CT molecular complexity index is 1490. The molecule has 0 spiro atoms. The number of nitrogens with zero attached hydrogens (tertiary/aromatic N) is 3. The molecule has 0 saturated carbocycles. The highest BCUT2D eigenvalue weighted by Crippen LogP contribution is 2.38. The smallest absolute Gasteiger partial charge is 0.265 e. The Morgan fingerprint density at radius 2 is 1.74 bits per heavy atom. The first-order valence-corrected chi connectivity index (χ1v) is 11.9. The van der Waals surface area contributed by atoms with E-state index < -0.39 is 0 Å². The number of benzene rings is 3. The van der Waals surface area contributed by atoms with Crippen LogP contribution in [0.2, 0.25) is 0 Å². The normalized spacial score (nSPS) is 17.1. The van der Waals surface area contributed by atoms with Crippen molar-refractivity contribution < 1.29 is 14.3 Å². The molecule has 7 heteroatoms. The molecule has 1 fully saturated rings. The molecule has 0 radical (unpaired) electrons. The van der Waals surface area contributed by atoms with Crippen molar-refractivity contribution in [3.8, 4) is 17.2 Å². The van der Waals surface area contributed by atoms with Gasteiger partial charge in [0.1, 0.15) is 19.0 Å². The minimum absolute atomic E-state index is 0.00689. The number of fused-ring (bicyclic) bond motifs is 2. The van der Waals surface area contributed by atoms with Crippen molar-refractivity contribution in [1.29, 1.82) is 0 Å². The van der Waals surface area contributed by atoms with Gasteiger partial charge in [-0.05, 0) is 73.9 Å². The first kappa shape index (κ1) is 21.4. The zero-order valence-electron chi connectivity index (χ0n) is 19.4. The highest BCUT2D eigenvalue weighted by Gasteiger charge is 2.31. The Labute approximate surface area is 202 Å². The number of ether oxygens (including phenoxy) is 2. The predicted molar refractivity (Wildman–Crippen MR) is 133 cm³/mol. The molecule has 7 nitrogen and oxygen atoms in total. The fraction of sp³-hybridized carbons (Fsp3) is 0.250. The van der Waals surface area contributed by atoms with E-state index >= 15 is 0 Å². The van der Waals surface area contributed by atoms with Crippen molar-refractivity contribution in [3.63, 3.8) is 0 Å². The van der Waals surface area contributed by atoms with Crippen LogP contribution >= 0.6 is 0 Å². The summed E-state index contributed by atoms with van der Waals surface area (Å²) in [5.74, 6) is 2.07. The van der Waals surface area contributed by atoms with Crippen LogP contribution in [0, 0.1) is 6.92 Å². The van der Waals surface area contributed by atoms with Gasteiger partial charge >= 0.3 is 0 Å². The highest BCUT2D eigenvalue weighted by molar-refractivity contribution is 5.95. The van der Waals surface area contributed by atoms with Gasteiger partial charge in [0.25, 0.3) is 11.5 Å². The molecule has 0 unspecified atom stereocenters. The van der Waals surface area contributed by atoms with E-state index in [-0.39, 0.29) is 17.5 Å². The number of aryl methyl sites for hydroxylation is 1. The first-order valence-electron chi connectivity index (χ1n) is 11.9. The number of rotatable bonds is 3. The average Bonchev–Trinajstić information content (AvgIpc) is 3.38. The summed E-state index contributed by atoms with van der Waals surface area (Å²) in [6.45, 7) is 3.60. The first-order chi connectivity index (χ1) is 17.1. The standard InChI is InChI=1S/C28H25N3O4/c1-18-29-23-6-3-2-5-22(23)28(33)31(18)21-11-8-19(9-12-21)27(32)30-14-4-7-24(30)20-10-13-25-26(17-20)35-16-15-34-25/h2-3,5-6,8-13,17,24H,4,7,14-16H2,1H3/t24-/m1/s1. The number of likely N-dealkylation sites (tertiary alicyclic amines) is 1. The van der Waals surface area contributed by atoms with Crippen LogP contribution in [0.15, 0.2) is 71.5 Å². The van der Waals surface area contributed by atoms with E-state index in [0.29, 0.717) is 47.7 Å². The van der Waals surface area contributed by atoms with E-state index in [1.165, 1.54) is 0 Å². The summed E-state index contributed by atoms with van der Waals surface area (Å²) in [5.41, 5.74) is 2.90. The van der Waals surface area contributed by atoms with Crippen LogP contribution in [0.3, 0.4) is 0 Å². The van der Waals surface area contributed by atoms with E-state index in [9.17, 15) is 9.59 Å². The van der Waals surface area contributed by atoms with Gasteiger partial charge in [-0.2, -0.15) is 0 Å². The van der Waals surface area contributed by atoms with Crippen molar-refractivity contribution >= 4 is 16.8 Å². The van der Waals surface area contributed by atoms with E-state index in [1.807, 2.05) is 60.4 Å². The number of hydrogen-bond acceptors (Lipinski definition) is 5. The molecule has 176 valence electrons.